The Morgan fingerprint density at radius 1 is 1.50 bits per heavy atom. The number of anilines is 1. The molecule has 1 aliphatic heterocycles. The monoisotopic (exact) mass is 192 g/mol. The summed E-state index contributed by atoms with van der Waals surface area (Å²) >= 11 is 0. The van der Waals surface area contributed by atoms with Gasteiger partial charge in [0.05, 0.1) is 6.10 Å². The normalized spacial score (nSPS) is 22.4. The zero-order valence-corrected chi connectivity index (χ0v) is 8.52. The van der Waals surface area contributed by atoms with E-state index in [-0.39, 0.29) is 0 Å². The summed E-state index contributed by atoms with van der Waals surface area (Å²) in [6.07, 6.45) is 4.56. The number of rotatable bonds is 2. The number of aromatic nitrogens is 1. The largest absolute Gasteiger partial charge is 0.380 e. The number of ether oxygens (including phenoxy) is 1. The van der Waals surface area contributed by atoms with Gasteiger partial charge in [-0.05, 0) is 25.0 Å². The summed E-state index contributed by atoms with van der Waals surface area (Å²) in [7, 11) is 1.78. The minimum absolute atomic E-state index is 0.366. The van der Waals surface area contributed by atoms with Crippen LogP contribution in [0.25, 0.3) is 0 Å². The maximum absolute atomic E-state index is 5.37. The van der Waals surface area contributed by atoms with E-state index in [1.807, 2.05) is 18.3 Å². The molecule has 3 nitrogen and oxygen atoms in total. The van der Waals surface area contributed by atoms with Gasteiger partial charge in [-0.25, -0.2) is 4.98 Å². The van der Waals surface area contributed by atoms with Crippen LogP contribution in [0.2, 0.25) is 0 Å². The Kier molecular flexibility index (Phi) is 2.99. The first-order chi connectivity index (χ1) is 6.90. The molecule has 0 saturated carbocycles. The van der Waals surface area contributed by atoms with Gasteiger partial charge in [-0.1, -0.05) is 6.07 Å². The Balaban J connectivity index is 2.04. The van der Waals surface area contributed by atoms with Gasteiger partial charge < -0.3 is 9.64 Å². The lowest BCUT2D eigenvalue weighted by Gasteiger charge is -2.32. The van der Waals surface area contributed by atoms with Crippen LogP contribution in [-0.2, 0) is 4.74 Å². The maximum atomic E-state index is 5.37. The van der Waals surface area contributed by atoms with Crippen LogP contribution in [0.4, 0.5) is 5.82 Å². The lowest BCUT2D eigenvalue weighted by molar-refractivity contribution is 0.0891. The molecule has 2 heterocycles. The fourth-order valence-corrected chi connectivity index (χ4v) is 1.88. The number of methoxy groups -OCH3 is 1. The van der Waals surface area contributed by atoms with E-state index >= 15 is 0 Å². The molecule has 0 radical (unpaired) electrons. The maximum Gasteiger partial charge on any atom is 0.128 e. The highest BCUT2D eigenvalue weighted by atomic mass is 16.5. The molecular weight excluding hydrogens is 176 g/mol. The quantitative estimate of drug-likeness (QED) is 0.713. The van der Waals surface area contributed by atoms with Crippen molar-refractivity contribution in [3.8, 4) is 0 Å². The molecule has 3 heteroatoms. The van der Waals surface area contributed by atoms with E-state index in [0.29, 0.717) is 6.10 Å². The van der Waals surface area contributed by atoms with Gasteiger partial charge in [-0.15, -0.1) is 0 Å². The topological polar surface area (TPSA) is 25.4 Å². The van der Waals surface area contributed by atoms with Crippen LogP contribution in [0, 0.1) is 0 Å². The van der Waals surface area contributed by atoms with Crippen LogP contribution in [0.5, 0.6) is 0 Å². The van der Waals surface area contributed by atoms with Crippen molar-refractivity contribution in [3.63, 3.8) is 0 Å². The van der Waals surface area contributed by atoms with E-state index in [2.05, 4.69) is 16.0 Å². The highest BCUT2D eigenvalue weighted by molar-refractivity contribution is 5.38. The number of hydrogen-bond donors (Lipinski definition) is 0. The van der Waals surface area contributed by atoms with Crippen molar-refractivity contribution in [2.75, 3.05) is 25.1 Å². The van der Waals surface area contributed by atoms with Gasteiger partial charge in [-0.3, -0.25) is 0 Å². The highest BCUT2D eigenvalue weighted by Crippen LogP contribution is 2.18. The Bertz CT molecular complexity index is 276. The van der Waals surface area contributed by atoms with Crippen LogP contribution in [0.1, 0.15) is 12.8 Å². The molecule has 1 atom stereocenters. The van der Waals surface area contributed by atoms with E-state index in [1.165, 1.54) is 12.8 Å². The van der Waals surface area contributed by atoms with Crippen molar-refractivity contribution < 1.29 is 4.74 Å². The molecule has 76 valence electrons. The molecule has 0 spiro atoms. The molecule has 1 aromatic rings. The minimum Gasteiger partial charge on any atom is -0.380 e. The van der Waals surface area contributed by atoms with Gasteiger partial charge in [0.2, 0.25) is 0 Å². The summed E-state index contributed by atoms with van der Waals surface area (Å²) in [6, 6.07) is 6.03. The summed E-state index contributed by atoms with van der Waals surface area (Å²) < 4.78 is 5.37. The average Bonchev–Trinajstić information content (AvgIpc) is 2.30. The molecule has 2 rings (SSSR count). The van der Waals surface area contributed by atoms with Crippen molar-refractivity contribution in [2.24, 2.45) is 0 Å². The number of hydrogen-bond acceptors (Lipinski definition) is 3. The summed E-state index contributed by atoms with van der Waals surface area (Å²) in [5, 5.41) is 0. The first-order valence-corrected chi connectivity index (χ1v) is 5.09. The minimum atomic E-state index is 0.366. The van der Waals surface area contributed by atoms with Crippen LogP contribution in [-0.4, -0.2) is 31.3 Å². The summed E-state index contributed by atoms with van der Waals surface area (Å²) in [6.45, 7) is 2.06. The molecule has 0 aliphatic carbocycles. The summed E-state index contributed by atoms with van der Waals surface area (Å²) in [5.74, 6) is 1.06. The third-order valence-electron chi connectivity index (χ3n) is 2.68. The summed E-state index contributed by atoms with van der Waals surface area (Å²) in [4.78, 5) is 6.63. The van der Waals surface area contributed by atoms with Crippen LogP contribution in [0.15, 0.2) is 24.4 Å². The van der Waals surface area contributed by atoms with Gasteiger partial charge in [0.1, 0.15) is 5.82 Å². The Morgan fingerprint density at radius 2 is 2.43 bits per heavy atom. The lowest BCUT2D eigenvalue weighted by atomic mass is 10.1. The molecule has 1 saturated heterocycles. The second-order valence-corrected chi connectivity index (χ2v) is 3.63. The summed E-state index contributed by atoms with van der Waals surface area (Å²) in [5.41, 5.74) is 0. The molecule has 14 heavy (non-hydrogen) atoms. The molecular formula is C11H16N2O. The van der Waals surface area contributed by atoms with E-state index in [1.54, 1.807) is 7.11 Å². The van der Waals surface area contributed by atoms with Crippen molar-refractivity contribution in [3.05, 3.63) is 24.4 Å². The second kappa shape index (κ2) is 4.42. The standard InChI is InChI=1S/C11H16N2O/c1-14-10-5-4-8-13(9-10)11-6-2-3-7-12-11/h2-3,6-7,10H,4-5,8-9H2,1H3. The zero-order valence-electron chi connectivity index (χ0n) is 8.52. The lowest BCUT2D eigenvalue weighted by Crippen LogP contribution is -2.39. The Morgan fingerprint density at radius 3 is 3.14 bits per heavy atom. The molecule has 0 aromatic carbocycles. The average molecular weight is 192 g/mol. The second-order valence-electron chi connectivity index (χ2n) is 3.63. The van der Waals surface area contributed by atoms with Crippen molar-refractivity contribution in [1.29, 1.82) is 0 Å². The number of piperidine rings is 1. The molecule has 1 aromatic heterocycles. The van der Waals surface area contributed by atoms with Crippen LogP contribution in [0.3, 0.4) is 0 Å². The third-order valence-corrected chi connectivity index (χ3v) is 2.68. The Labute approximate surface area is 84.7 Å². The van der Waals surface area contributed by atoms with E-state index in [0.717, 1.165) is 18.9 Å². The van der Waals surface area contributed by atoms with E-state index in [4.69, 9.17) is 4.74 Å². The van der Waals surface area contributed by atoms with Gasteiger partial charge in [0.25, 0.3) is 0 Å². The molecule has 1 fully saturated rings. The van der Waals surface area contributed by atoms with Gasteiger partial charge in [-0.2, -0.15) is 0 Å². The van der Waals surface area contributed by atoms with E-state index in [9.17, 15) is 0 Å². The highest BCUT2D eigenvalue weighted by Gasteiger charge is 2.19. The van der Waals surface area contributed by atoms with Crippen molar-refractivity contribution >= 4 is 5.82 Å². The SMILES string of the molecule is COC1CCCN(c2ccccn2)C1. The molecule has 0 N–H and O–H groups in total. The predicted octanol–water partition coefficient (Wildman–Crippen LogP) is 1.70. The van der Waals surface area contributed by atoms with Crippen molar-refractivity contribution in [2.45, 2.75) is 18.9 Å². The smallest absolute Gasteiger partial charge is 0.128 e. The molecule has 0 amide bonds. The molecule has 0 bridgehead atoms. The fraction of sp³-hybridized carbons (Fsp3) is 0.545. The van der Waals surface area contributed by atoms with Crippen LogP contribution < -0.4 is 4.90 Å². The predicted molar refractivity (Wildman–Crippen MR) is 56.5 cm³/mol. The fourth-order valence-electron chi connectivity index (χ4n) is 1.88. The number of pyridine rings is 1. The van der Waals surface area contributed by atoms with Gasteiger partial charge in [0.15, 0.2) is 0 Å². The molecule has 1 aliphatic rings. The van der Waals surface area contributed by atoms with Crippen molar-refractivity contribution in [1.82, 2.24) is 4.98 Å². The Hall–Kier alpha value is -1.09. The van der Waals surface area contributed by atoms with Crippen LogP contribution >= 0.6 is 0 Å². The molecule has 1 unspecified atom stereocenters. The first-order valence-electron chi connectivity index (χ1n) is 5.09. The zero-order chi connectivity index (χ0) is 9.80. The van der Waals surface area contributed by atoms with Gasteiger partial charge >= 0.3 is 0 Å². The third kappa shape index (κ3) is 2.04. The van der Waals surface area contributed by atoms with E-state index < -0.39 is 0 Å². The number of nitrogens with zero attached hydrogens (tertiary/aromatic N) is 2. The van der Waals surface area contributed by atoms with Gasteiger partial charge in [0, 0.05) is 26.4 Å². The first kappa shape index (κ1) is 9.46.